The summed E-state index contributed by atoms with van der Waals surface area (Å²) in [4.78, 5) is 34.0. The van der Waals surface area contributed by atoms with Gasteiger partial charge in [-0.25, -0.2) is 0 Å². The van der Waals surface area contributed by atoms with Gasteiger partial charge in [-0.1, -0.05) is 0 Å². The minimum atomic E-state index is -1.20. The van der Waals surface area contributed by atoms with E-state index in [-0.39, 0.29) is 19.8 Å². The number of carbonyl (C=O) groups excluding carboxylic acids is 3. The third-order valence-corrected chi connectivity index (χ3v) is 2.89. The van der Waals surface area contributed by atoms with E-state index in [1.54, 1.807) is 13.8 Å². The monoisotopic (exact) mass is 359 g/mol. The number of nitriles is 1. The highest BCUT2D eigenvalue weighted by atomic mass is 16.6. The first-order chi connectivity index (χ1) is 11.8. The SMILES string of the molecule is CCO[C@H]([C@@H](OC(C)=O)[C@H](COC(C)=O)OC(C)=O)[C@@H](C#N)OCC. The second-order valence-corrected chi connectivity index (χ2v) is 4.95. The number of ether oxygens (including phenoxy) is 5. The topological polar surface area (TPSA) is 121 Å². The van der Waals surface area contributed by atoms with Crippen LogP contribution < -0.4 is 0 Å². The second-order valence-electron chi connectivity index (χ2n) is 4.95. The van der Waals surface area contributed by atoms with Gasteiger partial charge in [-0.15, -0.1) is 0 Å². The van der Waals surface area contributed by atoms with Crippen molar-refractivity contribution in [3.05, 3.63) is 0 Å². The van der Waals surface area contributed by atoms with Gasteiger partial charge in [0.1, 0.15) is 12.7 Å². The molecule has 0 saturated heterocycles. The van der Waals surface area contributed by atoms with Gasteiger partial charge in [-0.3, -0.25) is 14.4 Å². The van der Waals surface area contributed by atoms with Crippen LogP contribution in [-0.4, -0.2) is 62.1 Å². The Kier molecular flexibility index (Phi) is 11.2. The number of carbonyl (C=O) groups is 3. The van der Waals surface area contributed by atoms with E-state index in [2.05, 4.69) is 0 Å². The van der Waals surface area contributed by atoms with Crippen LogP contribution in [0.1, 0.15) is 34.6 Å². The second kappa shape index (κ2) is 12.2. The lowest BCUT2D eigenvalue weighted by molar-refractivity contribution is -0.194. The van der Waals surface area contributed by atoms with Crippen LogP contribution in [0.5, 0.6) is 0 Å². The zero-order valence-corrected chi connectivity index (χ0v) is 15.1. The van der Waals surface area contributed by atoms with Crippen molar-refractivity contribution in [1.29, 1.82) is 5.26 Å². The minimum absolute atomic E-state index is 0.189. The molecule has 4 atom stereocenters. The molecule has 0 aliphatic carbocycles. The maximum Gasteiger partial charge on any atom is 0.303 e. The first-order valence-electron chi connectivity index (χ1n) is 7.87. The molecule has 0 spiro atoms. The first-order valence-corrected chi connectivity index (χ1v) is 7.87. The Morgan fingerprint density at radius 1 is 0.880 bits per heavy atom. The Labute approximate surface area is 147 Å². The molecule has 9 heteroatoms. The Hall–Kier alpha value is -2.18. The lowest BCUT2D eigenvalue weighted by Gasteiger charge is -2.33. The van der Waals surface area contributed by atoms with Gasteiger partial charge in [-0.2, -0.15) is 5.26 Å². The lowest BCUT2D eigenvalue weighted by atomic mass is 10.0. The summed E-state index contributed by atoms with van der Waals surface area (Å²) in [5, 5.41) is 9.33. The summed E-state index contributed by atoms with van der Waals surface area (Å²) in [6.07, 6.45) is -4.47. The van der Waals surface area contributed by atoms with Gasteiger partial charge < -0.3 is 23.7 Å². The molecule has 0 aliphatic rings. The van der Waals surface area contributed by atoms with Crippen LogP contribution in [0.15, 0.2) is 0 Å². The van der Waals surface area contributed by atoms with Crippen molar-refractivity contribution in [2.45, 2.75) is 59.0 Å². The lowest BCUT2D eigenvalue weighted by Crippen LogP contribution is -2.52. The molecule has 25 heavy (non-hydrogen) atoms. The smallest absolute Gasteiger partial charge is 0.303 e. The highest BCUT2D eigenvalue weighted by Crippen LogP contribution is 2.19. The molecular formula is C16H25NO8. The molecular weight excluding hydrogens is 334 g/mol. The molecule has 0 saturated carbocycles. The fourth-order valence-corrected chi connectivity index (χ4v) is 2.09. The van der Waals surface area contributed by atoms with E-state index < -0.39 is 42.3 Å². The van der Waals surface area contributed by atoms with Gasteiger partial charge in [0.05, 0.1) is 6.07 Å². The largest absolute Gasteiger partial charge is 0.462 e. The molecule has 0 aromatic rings. The molecule has 0 aromatic carbocycles. The highest BCUT2D eigenvalue weighted by molar-refractivity contribution is 5.68. The fraction of sp³-hybridized carbons (Fsp3) is 0.750. The molecule has 0 amide bonds. The molecule has 0 rings (SSSR count). The Bertz CT molecular complexity index is 487. The molecule has 0 unspecified atom stereocenters. The van der Waals surface area contributed by atoms with Crippen LogP contribution in [0.2, 0.25) is 0 Å². The van der Waals surface area contributed by atoms with E-state index in [0.29, 0.717) is 0 Å². The van der Waals surface area contributed by atoms with Crippen molar-refractivity contribution in [1.82, 2.24) is 0 Å². The molecule has 0 aromatic heterocycles. The van der Waals surface area contributed by atoms with Crippen LogP contribution in [-0.2, 0) is 38.1 Å². The van der Waals surface area contributed by atoms with Gasteiger partial charge in [-0.05, 0) is 13.8 Å². The molecule has 0 N–H and O–H groups in total. The highest BCUT2D eigenvalue weighted by Gasteiger charge is 2.41. The van der Waals surface area contributed by atoms with E-state index >= 15 is 0 Å². The normalized spacial score (nSPS) is 15.2. The van der Waals surface area contributed by atoms with Gasteiger partial charge in [0, 0.05) is 34.0 Å². The molecule has 0 fully saturated rings. The summed E-state index contributed by atoms with van der Waals surface area (Å²) in [5.41, 5.74) is 0. The van der Waals surface area contributed by atoms with Gasteiger partial charge in [0.2, 0.25) is 0 Å². The van der Waals surface area contributed by atoms with Crippen molar-refractivity contribution in [2.75, 3.05) is 19.8 Å². The van der Waals surface area contributed by atoms with Crippen molar-refractivity contribution < 1.29 is 38.1 Å². The van der Waals surface area contributed by atoms with Crippen LogP contribution in [0.4, 0.5) is 0 Å². The Morgan fingerprint density at radius 3 is 1.84 bits per heavy atom. The third-order valence-electron chi connectivity index (χ3n) is 2.89. The predicted octanol–water partition coefficient (Wildman–Crippen LogP) is 0.747. The first kappa shape index (κ1) is 22.8. The van der Waals surface area contributed by atoms with Crippen LogP contribution >= 0.6 is 0 Å². The van der Waals surface area contributed by atoms with E-state index in [9.17, 15) is 19.6 Å². The molecule has 9 nitrogen and oxygen atoms in total. The van der Waals surface area contributed by atoms with Crippen LogP contribution in [0, 0.1) is 11.3 Å². The summed E-state index contributed by atoms with van der Waals surface area (Å²) >= 11 is 0. The van der Waals surface area contributed by atoms with Crippen LogP contribution in [0.3, 0.4) is 0 Å². The molecule has 142 valence electrons. The number of rotatable bonds is 11. The zero-order chi connectivity index (χ0) is 19.4. The van der Waals surface area contributed by atoms with Crippen molar-refractivity contribution >= 4 is 17.9 Å². The van der Waals surface area contributed by atoms with E-state index in [1.165, 1.54) is 6.92 Å². The quantitative estimate of drug-likeness (QED) is 0.388. The summed E-state index contributed by atoms with van der Waals surface area (Å²) in [6.45, 7) is 6.93. The van der Waals surface area contributed by atoms with Crippen molar-refractivity contribution in [2.24, 2.45) is 0 Å². The Morgan fingerprint density at radius 2 is 1.44 bits per heavy atom. The molecule has 0 aliphatic heterocycles. The third kappa shape index (κ3) is 9.02. The maximum atomic E-state index is 11.5. The summed E-state index contributed by atoms with van der Waals surface area (Å²) in [5.74, 6) is -1.95. The van der Waals surface area contributed by atoms with Gasteiger partial charge in [0.15, 0.2) is 18.3 Å². The summed E-state index contributed by atoms with van der Waals surface area (Å²) in [7, 11) is 0. The standard InChI is InChI=1S/C16H25NO8/c1-6-21-13(8-17)15(22-7-2)16(25-12(5)20)14(24-11(4)19)9-23-10(3)18/h13-16H,6-7,9H2,1-5H3/t13-,14+,15+,16+/m1/s1. The Balaban J connectivity index is 5.71. The van der Waals surface area contributed by atoms with E-state index in [4.69, 9.17) is 23.7 Å². The number of esters is 3. The van der Waals surface area contributed by atoms with Gasteiger partial charge >= 0.3 is 17.9 Å². The minimum Gasteiger partial charge on any atom is -0.462 e. The van der Waals surface area contributed by atoms with Crippen molar-refractivity contribution in [3.63, 3.8) is 0 Å². The zero-order valence-electron chi connectivity index (χ0n) is 15.1. The number of nitrogens with zero attached hydrogens (tertiary/aromatic N) is 1. The summed E-state index contributed by atoms with van der Waals surface area (Å²) in [6, 6.07) is 1.93. The predicted molar refractivity (Wildman–Crippen MR) is 84.2 cm³/mol. The maximum absolute atomic E-state index is 11.5. The van der Waals surface area contributed by atoms with Crippen molar-refractivity contribution in [3.8, 4) is 6.07 Å². The summed E-state index contributed by atoms with van der Waals surface area (Å²) < 4.78 is 26.1. The van der Waals surface area contributed by atoms with E-state index in [0.717, 1.165) is 13.8 Å². The number of hydrogen-bond acceptors (Lipinski definition) is 9. The number of hydrogen-bond donors (Lipinski definition) is 0. The fourth-order valence-electron chi connectivity index (χ4n) is 2.09. The van der Waals surface area contributed by atoms with E-state index in [1.807, 2.05) is 6.07 Å². The average molecular weight is 359 g/mol. The van der Waals surface area contributed by atoms with Crippen LogP contribution in [0.25, 0.3) is 0 Å². The molecule has 0 heterocycles. The molecule has 0 radical (unpaired) electrons. The molecule has 0 bridgehead atoms. The van der Waals surface area contributed by atoms with Gasteiger partial charge in [0.25, 0.3) is 0 Å². The average Bonchev–Trinajstić information content (AvgIpc) is 2.52.